The maximum absolute atomic E-state index is 12.1. The lowest BCUT2D eigenvalue weighted by atomic mass is 9.86. The number of benzene rings is 1. The maximum atomic E-state index is 12.1. The molecule has 0 aliphatic rings. The number of aromatic nitrogens is 2. The highest BCUT2D eigenvalue weighted by atomic mass is 16.4. The minimum atomic E-state index is -0.959. The smallest absolute Gasteiger partial charge is 0.305 e. The van der Waals surface area contributed by atoms with E-state index >= 15 is 0 Å². The number of carboxylic acid groups (broad SMARTS) is 1. The van der Waals surface area contributed by atoms with Gasteiger partial charge in [-0.2, -0.15) is 5.10 Å². The second-order valence-corrected chi connectivity index (χ2v) is 6.79. The number of amides is 1. The minimum Gasteiger partial charge on any atom is -0.481 e. The van der Waals surface area contributed by atoms with E-state index in [1.165, 1.54) is 4.68 Å². The zero-order chi connectivity index (χ0) is 17.7. The van der Waals surface area contributed by atoms with Crippen LogP contribution in [0, 0.1) is 0 Å². The van der Waals surface area contributed by atoms with Crippen molar-refractivity contribution >= 4 is 11.9 Å². The van der Waals surface area contributed by atoms with Crippen molar-refractivity contribution in [3.05, 3.63) is 53.9 Å². The van der Waals surface area contributed by atoms with Crippen LogP contribution in [0.1, 0.15) is 44.4 Å². The van der Waals surface area contributed by atoms with E-state index in [2.05, 4.69) is 31.2 Å². The van der Waals surface area contributed by atoms with Gasteiger partial charge in [-0.15, -0.1) is 0 Å². The molecule has 1 unspecified atom stereocenters. The number of hydrogen-bond acceptors (Lipinski definition) is 3. The Morgan fingerprint density at radius 2 is 1.92 bits per heavy atom. The molecule has 1 atom stereocenters. The van der Waals surface area contributed by atoms with Crippen LogP contribution in [-0.2, 0) is 21.5 Å². The van der Waals surface area contributed by atoms with Gasteiger partial charge < -0.3 is 10.4 Å². The largest absolute Gasteiger partial charge is 0.481 e. The SMILES string of the molecule is CC(C)(C)c1ccc(C(CC(=O)O)NC(=O)Cn2cccn2)cc1. The molecule has 0 bridgehead atoms. The van der Waals surface area contributed by atoms with Gasteiger partial charge in [-0.25, -0.2) is 0 Å². The number of carbonyl (C=O) groups is 2. The Hall–Kier alpha value is -2.63. The van der Waals surface area contributed by atoms with E-state index in [4.69, 9.17) is 5.11 Å². The van der Waals surface area contributed by atoms with Gasteiger partial charge in [-0.3, -0.25) is 14.3 Å². The van der Waals surface area contributed by atoms with Crippen molar-refractivity contribution in [3.8, 4) is 0 Å². The number of nitrogens with zero attached hydrogens (tertiary/aromatic N) is 2. The highest BCUT2D eigenvalue weighted by Gasteiger charge is 2.20. The second kappa shape index (κ2) is 7.29. The molecule has 1 heterocycles. The fourth-order valence-electron chi connectivity index (χ4n) is 2.42. The molecule has 128 valence electrons. The third kappa shape index (κ3) is 4.94. The van der Waals surface area contributed by atoms with Crippen molar-refractivity contribution in [2.75, 3.05) is 0 Å². The van der Waals surface area contributed by atoms with Crippen molar-refractivity contribution in [2.45, 2.75) is 45.2 Å². The molecule has 0 radical (unpaired) electrons. The summed E-state index contributed by atoms with van der Waals surface area (Å²) in [5, 5.41) is 15.9. The number of aliphatic carboxylic acids is 1. The molecule has 1 amide bonds. The van der Waals surface area contributed by atoms with Crippen LogP contribution < -0.4 is 5.32 Å². The predicted octanol–water partition coefficient (Wildman–Crippen LogP) is 2.51. The van der Waals surface area contributed by atoms with Gasteiger partial charge in [0.2, 0.25) is 5.91 Å². The predicted molar refractivity (Wildman–Crippen MR) is 90.5 cm³/mol. The van der Waals surface area contributed by atoms with Gasteiger partial charge in [0.05, 0.1) is 12.5 Å². The van der Waals surface area contributed by atoms with E-state index < -0.39 is 12.0 Å². The zero-order valence-electron chi connectivity index (χ0n) is 14.2. The van der Waals surface area contributed by atoms with Gasteiger partial charge in [0.25, 0.3) is 0 Å². The molecule has 2 aromatic rings. The molecule has 6 nitrogen and oxygen atoms in total. The Bertz CT molecular complexity index is 685. The molecule has 0 saturated carbocycles. The Morgan fingerprint density at radius 1 is 1.25 bits per heavy atom. The van der Waals surface area contributed by atoms with E-state index in [1.807, 2.05) is 24.3 Å². The molecule has 1 aromatic carbocycles. The summed E-state index contributed by atoms with van der Waals surface area (Å²) < 4.78 is 1.50. The van der Waals surface area contributed by atoms with E-state index in [-0.39, 0.29) is 24.3 Å². The molecular formula is C18H23N3O3. The highest BCUT2D eigenvalue weighted by molar-refractivity contribution is 5.77. The Morgan fingerprint density at radius 3 is 2.42 bits per heavy atom. The summed E-state index contributed by atoms with van der Waals surface area (Å²) in [6.07, 6.45) is 3.11. The first-order valence-corrected chi connectivity index (χ1v) is 7.85. The number of carboxylic acids is 1. The topological polar surface area (TPSA) is 84.2 Å². The lowest BCUT2D eigenvalue weighted by Crippen LogP contribution is -2.33. The lowest BCUT2D eigenvalue weighted by Gasteiger charge is -2.22. The minimum absolute atomic E-state index is 0.0180. The monoisotopic (exact) mass is 329 g/mol. The molecule has 0 aliphatic carbocycles. The summed E-state index contributed by atoms with van der Waals surface area (Å²) in [5.41, 5.74) is 1.95. The number of rotatable bonds is 6. The van der Waals surface area contributed by atoms with Gasteiger partial charge in [0.1, 0.15) is 6.54 Å². The molecule has 0 aliphatic heterocycles. The van der Waals surface area contributed by atoms with E-state index in [9.17, 15) is 9.59 Å². The molecule has 0 saturated heterocycles. The Kier molecular flexibility index (Phi) is 5.39. The summed E-state index contributed by atoms with van der Waals surface area (Å²) in [6, 6.07) is 8.87. The molecule has 24 heavy (non-hydrogen) atoms. The molecule has 0 spiro atoms. The van der Waals surface area contributed by atoms with Gasteiger partial charge in [-0.05, 0) is 22.6 Å². The first kappa shape index (κ1) is 17.7. The quantitative estimate of drug-likeness (QED) is 0.853. The third-order valence-corrected chi connectivity index (χ3v) is 3.76. The number of hydrogen-bond donors (Lipinski definition) is 2. The van der Waals surface area contributed by atoms with Crippen molar-refractivity contribution in [1.82, 2.24) is 15.1 Å². The van der Waals surface area contributed by atoms with Crippen molar-refractivity contribution in [1.29, 1.82) is 0 Å². The van der Waals surface area contributed by atoms with Gasteiger partial charge >= 0.3 is 5.97 Å². The highest BCUT2D eigenvalue weighted by Crippen LogP contribution is 2.25. The third-order valence-electron chi connectivity index (χ3n) is 3.76. The van der Waals surface area contributed by atoms with Crippen LogP contribution in [0.15, 0.2) is 42.7 Å². The zero-order valence-corrected chi connectivity index (χ0v) is 14.2. The summed E-state index contributed by atoms with van der Waals surface area (Å²) in [4.78, 5) is 23.3. The van der Waals surface area contributed by atoms with Crippen LogP contribution in [0.3, 0.4) is 0 Å². The Balaban J connectivity index is 2.12. The number of carbonyl (C=O) groups excluding carboxylic acids is 1. The van der Waals surface area contributed by atoms with E-state index in [0.717, 1.165) is 11.1 Å². The normalized spacial score (nSPS) is 12.6. The first-order chi connectivity index (χ1) is 11.3. The average Bonchev–Trinajstić information content (AvgIpc) is 2.98. The van der Waals surface area contributed by atoms with Crippen LogP contribution in [0.2, 0.25) is 0 Å². The lowest BCUT2D eigenvalue weighted by molar-refractivity contribution is -0.137. The van der Waals surface area contributed by atoms with Crippen molar-refractivity contribution in [3.63, 3.8) is 0 Å². The fraction of sp³-hybridized carbons (Fsp3) is 0.389. The molecule has 0 fully saturated rings. The first-order valence-electron chi connectivity index (χ1n) is 7.85. The summed E-state index contributed by atoms with van der Waals surface area (Å²) in [5.74, 6) is -1.23. The standard InChI is InChI=1S/C18H23N3O3/c1-18(2,3)14-7-5-13(6-8-14)15(11-17(23)24)20-16(22)12-21-10-4-9-19-21/h4-10,15H,11-12H2,1-3H3,(H,20,22)(H,23,24). The van der Waals surface area contributed by atoms with Gasteiger partial charge in [-0.1, -0.05) is 45.0 Å². The van der Waals surface area contributed by atoms with E-state index in [0.29, 0.717) is 0 Å². The van der Waals surface area contributed by atoms with Gasteiger partial charge in [0.15, 0.2) is 0 Å². The van der Waals surface area contributed by atoms with Crippen molar-refractivity contribution in [2.24, 2.45) is 0 Å². The molecule has 2 rings (SSSR count). The average molecular weight is 329 g/mol. The fourth-order valence-corrected chi connectivity index (χ4v) is 2.42. The van der Waals surface area contributed by atoms with Crippen LogP contribution in [0.5, 0.6) is 0 Å². The van der Waals surface area contributed by atoms with Crippen LogP contribution in [-0.4, -0.2) is 26.8 Å². The number of nitrogens with one attached hydrogen (secondary N) is 1. The Labute approximate surface area is 141 Å². The van der Waals surface area contributed by atoms with Crippen molar-refractivity contribution < 1.29 is 14.7 Å². The van der Waals surface area contributed by atoms with Crippen LogP contribution >= 0.6 is 0 Å². The van der Waals surface area contributed by atoms with Gasteiger partial charge in [0, 0.05) is 12.4 Å². The van der Waals surface area contributed by atoms with Crippen LogP contribution in [0.25, 0.3) is 0 Å². The molecular weight excluding hydrogens is 306 g/mol. The maximum Gasteiger partial charge on any atom is 0.305 e. The van der Waals surface area contributed by atoms with E-state index in [1.54, 1.807) is 18.5 Å². The molecule has 6 heteroatoms. The van der Waals surface area contributed by atoms with Crippen LogP contribution in [0.4, 0.5) is 0 Å². The molecule has 1 aromatic heterocycles. The summed E-state index contributed by atoms with van der Waals surface area (Å²) in [6.45, 7) is 6.40. The second-order valence-electron chi connectivity index (χ2n) is 6.79. The molecule has 2 N–H and O–H groups in total. The summed E-state index contributed by atoms with van der Waals surface area (Å²) >= 11 is 0. The summed E-state index contributed by atoms with van der Waals surface area (Å²) in [7, 11) is 0.